The maximum atomic E-state index is 13.8. The van der Waals surface area contributed by atoms with Gasteiger partial charge in [-0.1, -0.05) is 6.07 Å². The lowest BCUT2D eigenvalue weighted by molar-refractivity contribution is 0.141. The van der Waals surface area contributed by atoms with Crippen molar-refractivity contribution in [1.29, 1.82) is 0 Å². The third-order valence-corrected chi connectivity index (χ3v) is 3.06. The van der Waals surface area contributed by atoms with Crippen LogP contribution in [0.1, 0.15) is 24.9 Å². The second-order valence-corrected chi connectivity index (χ2v) is 4.30. The van der Waals surface area contributed by atoms with Gasteiger partial charge in [-0.2, -0.15) is 0 Å². The van der Waals surface area contributed by atoms with Gasteiger partial charge in [0.25, 0.3) is 0 Å². The Balaban J connectivity index is 2.07. The van der Waals surface area contributed by atoms with Crippen molar-refractivity contribution in [2.75, 3.05) is 20.3 Å². The maximum absolute atomic E-state index is 13.8. The van der Waals surface area contributed by atoms with Crippen molar-refractivity contribution in [3.8, 4) is 5.75 Å². The summed E-state index contributed by atoms with van der Waals surface area (Å²) in [5.74, 6) is 0.341. The summed E-state index contributed by atoms with van der Waals surface area (Å²) in [6.07, 6.45) is 0.929. The van der Waals surface area contributed by atoms with Crippen molar-refractivity contribution >= 4 is 0 Å². The van der Waals surface area contributed by atoms with E-state index in [9.17, 15) is 4.39 Å². The molecule has 17 heavy (non-hydrogen) atoms. The Morgan fingerprint density at radius 1 is 1.53 bits per heavy atom. The van der Waals surface area contributed by atoms with Crippen molar-refractivity contribution in [3.63, 3.8) is 0 Å². The molecule has 1 aliphatic rings. The number of nitrogens with one attached hydrogen (secondary N) is 1. The first-order valence-corrected chi connectivity index (χ1v) is 5.92. The lowest BCUT2D eigenvalue weighted by Crippen LogP contribution is -2.17. The van der Waals surface area contributed by atoms with E-state index in [0.717, 1.165) is 13.0 Å². The summed E-state index contributed by atoms with van der Waals surface area (Å²) in [6, 6.07) is 5.02. The molecule has 1 saturated heterocycles. The van der Waals surface area contributed by atoms with Crippen LogP contribution in [0.5, 0.6) is 5.75 Å². The van der Waals surface area contributed by atoms with E-state index >= 15 is 0 Å². The molecule has 0 aromatic heterocycles. The van der Waals surface area contributed by atoms with Crippen LogP contribution in [-0.2, 0) is 4.74 Å². The monoisotopic (exact) mass is 239 g/mol. The summed E-state index contributed by atoms with van der Waals surface area (Å²) in [6.45, 7) is 3.24. The van der Waals surface area contributed by atoms with Crippen molar-refractivity contribution in [2.24, 2.45) is 0 Å². The predicted molar refractivity (Wildman–Crippen MR) is 63.7 cm³/mol. The molecule has 94 valence electrons. The van der Waals surface area contributed by atoms with E-state index in [-0.39, 0.29) is 18.0 Å². The number of halogens is 1. The molecule has 1 N–H and O–H groups in total. The van der Waals surface area contributed by atoms with E-state index in [1.165, 1.54) is 6.07 Å². The zero-order chi connectivity index (χ0) is 12.3. The lowest BCUT2D eigenvalue weighted by atomic mass is 10.1. The second-order valence-electron chi connectivity index (χ2n) is 4.30. The quantitative estimate of drug-likeness (QED) is 0.874. The predicted octanol–water partition coefficient (Wildman–Crippen LogP) is 2.27. The third-order valence-electron chi connectivity index (χ3n) is 3.06. The average Bonchev–Trinajstić information content (AvgIpc) is 2.81. The minimum Gasteiger partial charge on any atom is -0.488 e. The Morgan fingerprint density at radius 3 is 2.94 bits per heavy atom. The number of benzene rings is 1. The molecule has 1 aromatic carbocycles. The zero-order valence-electron chi connectivity index (χ0n) is 10.2. The van der Waals surface area contributed by atoms with Gasteiger partial charge >= 0.3 is 0 Å². The number of hydrogen-bond donors (Lipinski definition) is 1. The zero-order valence-corrected chi connectivity index (χ0v) is 10.2. The Morgan fingerprint density at radius 2 is 2.35 bits per heavy atom. The molecule has 0 aliphatic carbocycles. The molecule has 0 radical (unpaired) electrons. The van der Waals surface area contributed by atoms with Crippen LogP contribution < -0.4 is 10.1 Å². The highest BCUT2D eigenvalue weighted by molar-refractivity contribution is 5.30. The molecule has 1 aliphatic heterocycles. The lowest BCUT2D eigenvalue weighted by Gasteiger charge is -2.15. The van der Waals surface area contributed by atoms with Crippen molar-refractivity contribution < 1.29 is 13.9 Å². The summed E-state index contributed by atoms with van der Waals surface area (Å²) in [7, 11) is 1.81. The van der Waals surface area contributed by atoms with E-state index in [4.69, 9.17) is 9.47 Å². The Hall–Kier alpha value is -1.13. The molecule has 2 atom stereocenters. The van der Waals surface area contributed by atoms with Crippen LogP contribution in [0.25, 0.3) is 0 Å². The van der Waals surface area contributed by atoms with Gasteiger partial charge in [0.1, 0.15) is 17.7 Å². The minimum absolute atomic E-state index is 0.00105. The van der Waals surface area contributed by atoms with Crippen LogP contribution in [-0.4, -0.2) is 26.4 Å². The highest BCUT2D eigenvalue weighted by atomic mass is 19.1. The molecular formula is C13H18FNO2. The highest BCUT2D eigenvalue weighted by Gasteiger charge is 2.18. The van der Waals surface area contributed by atoms with Crippen LogP contribution in [0, 0.1) is 5.82 Å². The molecule has 1 fully saturated rings. The topological polar surface area (TPSA) is 30.5 Å². The summed E-state index contributed by atoms with van der Waals surface area (Å²) in [4.78, 5) is 0. The molecule has 0 amide bonds. The molecule has 2 rings (SSSR count). The second kappa shape index (κ2) is 5.47. The van der Waals surface area contributed by atoms with Gasteiger partial charge in [0.05, 0.1) is 13.2 Å². The fourth-order valence-electron chi connectivity index (χ4n) is 1.89. The van der Waals surface area contributed by atoms with Gasteiger partial charge in [-0.15, -0.1) is 0 Å². The van der Waals surface area contributed by atoms with Gasteiger partial charge in [0, 0.05) is 24.1 Å². The van der Waals surface area contributed by atoms with E-state index < -0.39 is 0 Å². The first-order chi connectivity index (χ1) is 8.20. The SMILES string of the molecule is CNC(C)c1ccc(OC2CCOC2)cc1F. The highest BCUT2D eigenvalue weighted by Crippen LogP contribution is 2.23. The van der Waals surface area contributed by atoms with Crippen LogP contribution in [0.4, 0.5) is 4.39 Å². The first-order valence-electron chi connectivity index (χ1n) is 5.92. The Kier molecular flexibility index (Phi) is 3.97. The molecule has 4 heteroatoms. The van der Waals surface area contributed by atoms with Gasteiger partial charge in [0.2, 0.25) is 0 Å². The van der Waals surface area contributed by atoms with Gasteiger partial charge < -0.3 is 14.8 Å². The average molecular weight is 239 g/mol. The maximum Gasteiger partial charge on any atom is 0.131 e. The molecule has 2 unspecified atom stereocenters. The fraction of sp³-hybridized carbons (Fsp3) is 0.538. The molecule has 1 aromatic rings. The van der Waals surface area contributed by atoms with Crippen molar-refractivity contribution in [2.45, 2.75) is 25.5 Å². The normalized spacial score (nSPS) is 21.5. The van der Waals surface area contributed by atoms with Gasteiger partial charge in [-0.25, -0.2) is 4.39 Å². The largest absolute Gasteiger partial charge is 0.488 e. The fourth-order valence-corrected chi connectivity index (χ4v) is 1.89. The van der Waals surface area contributed by atoms with Crippen LogP contribution in [0.2, 0.25) is 0 Å². The smallest absolute Gasteiger partial charge is 0.131 e. The van der Waals surface area contributed by atoms with Crippen LogP contribution >= 0.6 is 0 Å². The Labute approximate surface area is 101 Å². The summed E-state index contributed by atoms with van der Waals surface area (Å²) in [5, 5.41) is 3.01. The van der Waals surface area contributed by atoms with E-state index in [1.807, 2.05) is 20.0 Å². The minimum atomic E-state index is -0.233. The standard InChI is InChI=1S/C13H18FNO2/c1-9(15-2)12-4-3-10(7-13(12)14)17-11-5-6-16-8-11/h3-4,7,9,11,15H,5-6,8H2,1-2H3. The van der Waals surface area contributed by atoms with Crippen LogP contribution in [0.3, 0.4) is 0 Å². The molecule has 0 spiro atoms. The number of ether oxygens (including phenoxy) is 2. The molecule has 0 bridgehead atoms. The summed E-state index contributed by atoms with van der Waals surface area (Å²) in [5.41, 5.74) is 0.655. The Bertz CT molecular complexity index is 378. The van der Waals surface area contributed by atoms with E-state index in [1.54, 1.807) is 6.07 Å². The number of hydrogen-bond acceptors (Lipinski definition) is 3. The molecule has 1 heterocycles. The van der Waals surface area contributed by atoms with E-state index in [2.05, 4.69) is 5.32 Å². The van der Waals surface area contributed by atoms with Crippen molar-refractivity contribution in [1.82, 2.24) is 5.32 Å². The molecule has 0 saturated carbocycles. The summed E-state index contributed by atoms with van der Waals surface area (Å²) < 4.78 is 24.7. The summed E-state index contributed by atoms with van der Waals surface area (Å²) >= 11 is 0. The van der Waals surface area contributed by atoms with Crippen LogP contribution in [0.15, 0.2) is 18.2 Å². The van der Waals surface area contributed by atoms with Gasteiger partial charge in [-0.05, 0) is 20.0 Å². The van der Waals surface area contributed by atoms with E-state index in [0.29, 0.717) is 17.9 Å². The third kappa shape index (κ3) is 2.96. The van der Waals surface area contributed by atoms with Gasteiger partial charge in [-0.3, -0.25) is 0 Å². The van der Waals surface area contributed by atoms with Gasteiger partial charge in [0.15, 0.2) is 0 Å². The molecular weight excluding hydrogens is 221 g/mol. The first kappa shape index (κ1) is 12.3. The number of rotatable bonds is 4. The molecule has 3 nitrogen and oxygen atoms in total. The van der Waals surface area contributed by atoms with Crippen molar-refractivity contribution in [3.05, 3.63) is 29.6 Å².